The molecule has 31 heavy (non-hydrogen) atoms. The van der Waals surface area contributed by atoms with E-state index in [1.54, 1.807) is 6.07 Å². The first-order valence-corrected chi connectivity index (χ1v) is 11.0. The Hall–Kier alpha value is -2.61. The number of carbonyl (C=O) groups is 4. The van der Waals surface area contributed by atoms with E-state index < -0.39 is 35.0 Å². The van der Waals surface area contributed by atoms with Crippen molar-refractivity contribution in [3.05, 3.63) is 33.2 Å². The highest BCUT2D eigenvalue weighted by atomic mass is 32.2. The fourth-order valence-electron chi connectivity index (χ4n) is 3.32. The number of nitrogens with two attached hydrogens (primary N) is 1. The van der Waals surface area contributed by atoms with Gasteiger partial charge in [-0.05, 0) is 12.1 Å². The van der Waals surface area contributed by atoms with Gasteiger partial charge < -0.3 is 30.9 Å². The van der Waals surface area contributed by atoms with Crippen LogP contribution in [-0.2, 0) is 36.8 Å². The smallest absolute Gasteiger partial charge is 0.407 e. The van der Waals surface area contributed by atoms with Crippen LogP contribution in [0.15, 0.2) is 23.4 Å². The normalized spacial score (nSPS) is 22.5. The van der Waals surface area contributed by atoms with Gasteiger partial charge in [0.05, 0.1) is 6.42 Å². The number of β-lactam (4-membered cyclic amide) rings is 1. The summed E-state index contributed by atoms with van der Waals surface area (Å²) in [5.41, 5.74) is 3.91. The lowest BCUT2D eigenvalue weighted by Crippen LogP contribution is -2.80. The third kappa shape index (κ3) is 4.26. The quantitative estimate of drug-likeness (QED) is 0.298. The molecule has 2 atom stereocenters. The van der Waals surface area contributed by atoms with Gasteiger partial charge in [-0.2, -0.15) is 0 Å². The minimum absolute atomic E-state index is 0.0350. The van der Waals surface area contributed by atoms with Gasteiger partial charge >= 0.3 is 12.1 Å². The number of carbonyl (C=O) groups excluding carboxylic acids is 3. The molecule has 11 nitrogen and oxygen atoms in total. The molecule has 0 saturated carbocycles. The maximum atomic E-state index is 13.0. The van der Waals surface area contributed by atoms with Crippen LogP contribution in [0.25, 0.3) is 0 Å². The van der Waals surface area contributed by atoms with E-state index in [4.69, 9.17) is 15.2 Å². The number of ether oxygens (including phenoxy) is 2. The lowest BCUT2D eigenvalue weighted by atomic mass is 9.98. The van der Waals surface area contributed by atoms with Crippen molar-refractivity contribution in [3.8, 4) is 0 Å². The first kappa shape index (κ1) is 23.1. The summed E-state index contributed by atoms with van der Waals surface area (Å²) in [6.07, 6.45) is -0.683. The van der Waals surface area contributed by atoms with Crippen LogP contribution in [0.1, 0.15) is 9.75 Å². The first-order chi connectivity index (χ1) is 14.8. The molecule has 3 heterocycles. The zero-order valence-electron chi connectivity index (χ0n) is 16.8. The Kier molecular flexibility index (Phi) is 6.89. The largest absolute Gasteiger partial charge is 0.477 e. The summed E-state index contributed by atoms with van der Waals surface area (Å²) in [5.74, 6) is -2.29. The topological polar surface area (TPSA) is 160 Å². The number of thiophene rings is 1. The number of thioether (sulfide) groups is 1. The second kappa shape index (κ2) is 9.26. The Morgan fingerprint density at radius 1 is 1.35 bits per heavy atom. The van der Waals surface area contributed by atoms with Gasteiger partial charge in [-0.15, -0.1) is 23.1 Å². The van der Waals surface area contributed by atoms with Crippen molar-refractivity contribution in [3.63, 3.8) is 0 Å². The van der Waals surface area contributed by atoms with E-state index in [9.17, 15) is 24.3 Å². The molecule has 168 valence electrons. The molecule has 0 aliphatic carbocycles. The van der Waals surface area contributed by atoms with E-state index in [1.165, 1.54) is 37.3 Å². The second-order valence-corrected chi connectivity index (χ2v) is 8.98. The number of nitrogens with one attached hydrogen (secondary N) is 2. The molecule has 1 fully saturated rings. The Balaban J connectivity index is 1.77. The summed E-state index contributed by atoms with van der Waals surface area (Å²) in [7, 11) is 2.66. The fourth-order valence-corrected chi connectivity index (χ4v) is 5.63. The number of aliphatic carboxylic acids is 1. The average Bonchev–Trinajstić information content (AvgIpc) is 3.21. The summed E-state index contributed by atoms with van der Waals surface area (Å²) in [6, 6.07) is 3.62. The number of methoxy groups -OCH3 is 1. The van der Waals surface area contributed by atoms with Gasteiger partial charge in [0.25, 0.3) is 11.6 Å². The first-order valence-electron chi connectivity index (χ1n) is 9.16. The SMILES string of the molecule is CNC(=O)OCC1=C(C(=O)O)N2C(=O)[C@](NC(=O)Cc3ccc(CN)s3)(OC)[C@H]2SC1. The van der Waals surface area contributed by atoms with Gasteiger partial charge in [0, 0.05) is 41.8 Å². The molecule has 5 N–H and O–H groups in total. The minimum atomic E-state index is -1.68. The molecule has 0 aromatic carbocycles. The summed E-state index contributed by atoms with van der Waals surface area (Å²) < 4.78 is 10.3. The molecule has 13 heteroatoms. The van der Waals surface area contributed by atoms with Crippen molar-refractivity contribution >= 4 is 47.0 Å². The van der Waals surface area contributed by atoms with Crippen LogP contribution in [-0.4, -0.2) is 71.5 Å². The predicted octanol–water partition coefficient (Wildman–Crippen LogP) is -0.182. The van der Waals surface area contributed by atoms with Crippen molar-refractivity contribution in [2.75, 3.05) is 26.5 Å². The van der Waals surface area contributed by atoms with Gasteiger partial charge in [0.2, 0.25) is 5.91 Å². The lowest BCUT2D eigenvalue weighted by molar-refractivity contribution is -0.192. The van der Waals surface area contributed by atoms with Crippen molar-refractivity contribution in [1.82, 2.24) is 15.5 Å². The zero-order chi connectivity index (χ0) is 22.8. The Labute approximate surface area is 185 Å². The van der Waals surface area contributed by atoms with Gasteiger partial charge in [-0.3, -0.25) is 14.5 Å². The van der Waals surface area contributed by atoms with Crippen LogP contribution in [0.5, 0.6) is 0 Å². The van der Waals surface area contributed by atoms with Crippen LogP contribution < -0.4 is 16.4 Å². The zero-order valence-corrected chi connectivity index (χ0v) is 18.4. The average molecular weight is 471 g/mol. The molecule has 3 rings (SSSR count). The van der Waals surface area contributed by atoms with Gasteiger partial charge in [0.15, 0.2) is 0 Å². The maximum absolute atomic E-state index is 13.0. The van der Waals surface area contributed by atoms with Crippen molar-refractivity contribution in [2.45, 2.75) is 24.1 Å². The van der Waals surface area contributed by atoms with Gasteiger partial charge in [0.1, 0.15) is 17.7 Å². The van der Waals surface area contributed by atoms with Crippen LogP contribution in [0, 0.1) is 0 Å². The molecule has 0 spiro atoms. The number of carboxylic acid groups (broad SMARTS) is 1. The van der Waals surface area contributed by atoms with E-state index in [0.29, 0.717) is 6.54 Å². The number of hydrogen-bond acceptors (Lipinski definition) is 9. The summed E-state index contributed by atoms with van der Waals surface area (Å²) >= 11 is 2.61. The second-order valence-electron chi connectivity index (χ2n) is 6.66. The van der Waals surface area contributed by atoms with Crippen LogP contribution >= 0.6 is 23.1 Å². The van der Waals surface area contributed by atoms with E-state index >= 15 is 0 Å². The molecule has 0 radical (unpaired) electrons. The van der Waals surface area contributed by atoms with Crippen molar-refractivity contribution < 1.29 is 33.8 Å². The molecule has 1 aromatic rings. The molecule has 3 amide bonds. The number of alkyl carbamates (subject to hydrolysis) is 1. The molecule has 1 saturated heterocycles. The predicted molar refractivity (Wildman–Crippen MR) is 112 cm³/mol. The highest BCUT2D eigenvalue weighted by molar-refractivity contribution is 8.00. The molecular formula is C18H22N4O7S2. The molecule has 0 bridgehead atoms. The van der Waals surface area contributed by atoms with Crippen molar-refractivity contribution in [1.29, 1.82) is 0 Å². The summed E-state index contributed by atoms with van der Waals surface area (Å²) in [4.78, 5) is 51.5. The summed E-state index contributed by atoms with van der Waals surface area (Å²) in [6.45, 7) is 0.0930. The Morgan fingerprint density at radius 2 is 2.06 bits per heavy atom. The monoisotopic (exact) mass is 470 g/mol. The van der Waals surface area contributed by atoms with Crippen molar-refractivity contribution in [2.24, 2.45) is 5.73 Å². The number of amides is 3. The molecule has 0 unspecified atom stereocenters. The van der Waals surface area contributed by atoms with E-state index in [0.717, 1.165) is 14.7 Å². The third-order valence-electron chi connectivity index (χ3n) is 4.79. The molecule has 2 aliphatic rings. The Morgan fingerprint density at radius 3 is 2.65 bits per heavy atom. The van der Waals surface area contributed by atoms with E-state index in [-0.39, 0.29) is 30.1 Å². The summed E-state index contributed by atoms with van der Waals surface area (Å²) in [5, 5.41) is 13.8. The van der Waals surface area contributed by atoms with E-state index in [1.807, 2.05) is 6.07 Å². The van der Waals surface area contributed by atoms with Crippen LogP contribution in [0.4, 0.5) is 4.79 Å². The number of nitrogens with zero attached hydrogens (tertiary/aromatic N) is 1. The standard InChI is InChI=1S/C18H22N4O7S2/c1-20-17(27)29-7-9-8-30-16-18(28-2,15(26)22(16)13(9)14(24)25)21-12(23)5-10-3-4-11(6-19)31-10/h3-4,16H,5-8,19H2,1-2H3,(H,20,27)(H,21,23)(H,24,25)/t16-,18+/m1/s1. The maximum Gasteiger partial charge on any atom is 0.407 e. The van der Waals surface area contributed by atoms with Crippen LogP contribution in [0.2, 0.25) is 0 Å². The number of hydrogen-bond donors (Lipinski definition) is 4. The Bertz CT molecular complexity index is 947. The molecule has 1 aromatic heterocycles. The minimum Gasteiger partial charge on any atom is -0.477 e. The van der Waals surface area contributed by atoms with Gasteiger partial charge in [-0.1, -0.05) is 0 Å². The third-order valence-corrected chi connectivity index (χ3v) is 7.28. The highest BCUT2D eigenvalue weighted by Crippen LogP contribution is 2.46. The highest BCUT2D eigenvalue weighted by Gasteiger charge is 2.66. The fraction of sp³-hybridized carbons (Fsp3) is 0.444. The number of rotatable bonds is 8. The van der Waals surface area contributed by atoms with Gasteiger partial charge in [-0.25, -0.2) is 9.59 Å². The molecule has 2 aliphatic heterocycles. The number of fused-ring (bicyclic) bond motifs is 1. The number of carboxylic acids is 1. The molecular weight excluding hydrogens is 448 g/mol. The van der Waals surface area contributed by atoms with Crippen LogP contribution in [0.3, 0.4) is 0 Å². The lowest BCUT2D eigenvalue weighted by Gasteiger charge is -2.55. The van der Waals surface area contributed by atoms with E-state index in [2.05, 4.69) is 10.6 Å².